The second-order valence-electron chi connectivity index (χ2n) is 2.04. The maximum Gasteiger partial charge on any atom is 0.145 e. The molecule has 0 aliphatic heterocycles. The monoisotopic (exact) mass is 171 g/mol. The lowest BCUT2D eigenvalue weighted by molar-refractivity contribution is 0.654. The van der Waals surface area contributed by atoms with Crippen molar-refractivity contribution < 1.29 is 4.39 Å². The summed E-state index contributed by atoms with van der Waals surface area (Å²) in [5.74, 6) is -0.421. The van der Waals surface area contributed by atoms with E-state index in [4.69, 9.17) is 5.73 Å². The molecule has 0 fully saturated rings. The second kappa shape index (κ2) is 8.05. The molecule has 0 aliphatic rings. The number of hydrogen-bond donors (Lipinski definition) is 1. The summed E-state index contributed by atoms with van der Waals surface area (Å²) in [6, 6.07) is 0. The molecule has 70 valence electrons. The molecule has 0 aromatic heterocycles. The van der Waals surface area contributed by atoms with Crippen molar-refractivity contribution in [1.29, 1.82) is 0 Å². The van der Waals surface area contributed by atoms with Gasteiger partial charge >= 0.3 is 0 Å². The third-order valence-electron chi connectivity index (χ3n) is 1.03. The van der Waals surface area contributed by atoms with E-state index in [2.05, 4.69) is 6.58 Å². The van der Waals surface area contributed by atoms with Crippen LogP contribution in [0.2, 0.25) is 0 Å². The average Bonchev–Trinajstić information content (AvgIpc) is 2.07. The zero-order valence-electron chi connectivity index (χ0n) is 8.32. The van der Waals surface area contributed by atoms with Crippen LogP contribution in [-0.4, -0.2) is 0 Å². The van der Waals surface area contributed by atoms with Crippen molar-refractivity contribution in [2.45, 2.75) is 27.7 Å². The van der Waals surface area contributed by atoms with Gasteiger partial charge in [-0.3, -0.25) is 0 Å². The smallest absolute Gasteiger partial charge is 0.145 e. The van der Waals surface area contributed by atoms with Gasteiger partial charge in [0.15, 0.2) is 0 Å². The van der Waals surface area contributed by atoms with Gasteiger partial charge in [0.25, 0.3) is 0 Å². The lowest BCUT2D eigenvalue weighted by Crippen LogP contribution is -1.99. The predicted molar refractivity (Wildman–Crippen MR) is 53.3 cm³/mol. The van der Waals surface area contributed by atoms with Crippen molar-refractivity contribution >= 4 is 0 Å². The fraction of sp³-hybridized carbons (Fsp3) is 0.400. The molecule has 0 unspecified atom stereocenters. The largest absolute Gasteiger partial charge is 0.396 e. The van der Waals surface area contributed by atoms with Crippen molar-refractivity contribution in [2.24, 2.45) is 5.73 Å². The zero-order chi connectivity index (χ0) is 10.1. The fourth-order valence-electron chi connectivity index (χ4n) is 0.440. The summed E-state index contributed by atoms with van der Waals surface area (Å²) in [4.78, 5) is 0. The van der Waals surface area contributed by atoms with Gasteiger partial charge in [-0.2, -0.15) is 0 Å². The molecule has 1 nitrogen and oxygen atoms in total. The lowest BCUT2D eigenvalue weighted by Gasteiger charge is -1.97. The molecule has 0 aromatic rings. The Hall–Kier alpha value is -1.05. The van der Waals surface area contributed by atoms with E-state index in [9.17, 15) is 4.39 Å². The van der Waals surface area contributed by atoms with Crippen LogP contribution in [0, 0.1) is 0 Å². The van der Waals surface area contributed by atoms with Crippen LogP contribution in [0.5, 0.6) is 0 Å². The Morgan fingerprint density at radius 2 is 1.83 bits per heavy atom. The van der Waals surface area contributed by atoms with E-state index in [0.29, 0.717) is 5.57 Å². The molecule has 2 heteroatoms. The van der Waals surface area contributed by atoms with Gasteiger partial charge in [-0.25, -0.2) is 4.39 Å². The first kappa shape index (κ1) is 13.5. The molecule has 12 heavy (non-hydrogen) atoms. The molecule has 2 N–H and O–H groups in total. The van der Waals surface area contributed by atoms with Crippen molar-refractivity contribution in [3.05, 3.63) is 35.8 Å². The SMILES string of the molecule is C=C(C)/C(N)=C(F)\C=C/C.CC. The number of rotatable bonds is 2. The van der Waals surface area contributed by atoms with Gasteiger partial charge in [0.05, 0.1) is 5.70 Å². The van der Waals surface area contributed by atoms with Crippen LogP contribution in [0.25, 0.3) is 0 Å². The third-order valence-corrected chi connectivity index (χ3v) is 1.03. The molecule has 0 saturated heterocycles. The minimum atomic E-state index is -0.421. The maximum atomic E-state index is 12.7. The van der Waals surface area contributed by atoms with E-state index >= 15 is 0 Å². The molecule has 0 radical (unpaired) electrons. The van der Waals surface area contributed by atoms with Gasteiger partial charge in [-0.05, 0) is 25.5 Å². The highest BCUT2D eigenvalue weighted by Gasteiger charge is 1.96. The first-order valence-electron chi connectivity index (χ1n) is 4.03. The van der Waals surface area contributed by atoms with Gasteiger partial charge in [-0.1, -0.05) is 26.5 Å². The van der Waals surface area contributed by atoms with Crippen LogP contribution < -0.4 is 5.73 Å². The zero-order valence-corrected chi connectivity index (χ0v) is 8.32. The summed E-state index contributed by atoms with van der Waals surface area (Å²) < 4.78 is 12.7. The molecular formula is C10H18FN. The Morgan fingerprint density at radius 1 is 1.42 bits per heavy atom. The predicted octanol–water partition coefficient (Wildman–Crippen LogP) is 3.30. The highest BCUT2D eigenvalue weighted by molar-refractivity contribution is 5.30. The van der Waals surface area contributed by atoms with Crippen LogP contribution in [0.15, 0.2) is 35.8 Å². The van der Waals surface area contributed by atoms with Crippen LogP contribution in [0.4, 0.5) is 4.39 Å². The molecular weight excluding hydrogens is 153 g/mol. The third kappa shape index (κ3) is 5.71. The van der Waals surface area contributed by atoms with Gasteiger partial charge in [0.2, 0.25) is 0 Å². The highest BCUT2D eigenvalue weighted by Crippen LogP contribution is 2.08. The average molecular weight is 171 g/mol. The van der Waals surface area contributed by atoms with E-state index in [1.54, 1.807) is 19.9 Å². The number of nitrogens with two attached hydrogens (primary N) is 1. The van der Waals surface area contributed by atoms with E-state index in [-0.39, 0.29) is 5.70 Å². The molecule has 0 heterocycles. The van der Waals surface area contributed by atoms with E-state index in [1.165, 1.54) is 6.08 Å². The van der Waals surface area contributed by atoms with Crippen molar-refractivity contribution in [2.75, 3.05) is 0 Å². The van der Waals surface area contributed by atoms with Crippen LogP contribution in [-0.2, 0) is 0 Å². The number of allylic oxidation sites excluding steroid dienone is 4. The number of hydrogen-bond acceptors (Lipinski definition) is 1. The Morgan fingerprint density at radius 3 is 2.08 bits per heavy atom. The molecule has 0 bridgehead atoms. The standard InChI is InChI=1S/C8H12FN.C2H6/c1-4-5-7(9)8(10)6(2)3;1-2/h4-5H,2,10H2,1,3H3;1-2H3/b5-4-,8-7-;. The quantitative estimate of drug-likeness (QED) is 0.634. The molecule has 0 saturated carbocycles. The highest BCUT2D eigenvalue weighted by atomic mass is 19.1. The van der Waals surface area contributed by atoms with E-state index < -0.39 is 5.83 Å². The molecule has 0 amide bonds. The van der Waals surface area contributed by atoms with E-state index in [1.807, 2.05) is 13.8 Å². The van der Waals surface area contributed by atoms with Gasteiger partial charge in [0, 0.05) is 0 Å². The topological polar surface area (TPSA) is 26.0 Å². The van der Waals surface area contributed by atoms with Gasteiger partial charge in [0.1, 0.15) is 5.83 Å². The van der Waals surface area contributed by atoms with Gasteiger partial charge < -0.3 is 5.73 Å². The summed E-state index contributed by atoms with van der Waals surface area (Å²) in [5.41, 5.74) is 5.97. The van der Waals surface area contributed by atoms with Crippen LogP contribution in [0.3, 0.4) is 0 Å². The molecule has 0 atom stereocenters. The van der Waals surface area contributed by atoms with Crippen molar-refractivity contribution in [3.8, 4) is 0 Å². The summed E-state index contributed by atoms with van der Waals surface area (Å²) in [6.07, 6.45) is 2.90. The molecule has 0 spiro atoms. The first-order chi connectivity index (χ1) is 5.59. The van der Waals surface area contributed by atoms with Gasteiger partial charge in [-0.15, -0.1) is 0 Å². The van der Waals surface area contributed by atoms with E-state index in [0.717, 1.165) is 0 Å². The Balaban J connectivity index is 0. The summed E-state index contributed by atoms with van der Waals surface area (Å²) >= 11 is 0. The molecule has 0 aromatic carbocycles. The summed E-state index contributed by atoms with van der Waals surface area (Å²) in [6.45, 7) is 10.9. The first-order valence-corrected chi connectivity index (χ1v) is 4.03. The van der Waals surface area contributed by atoms with Crippen molar-refractivity contribution in [1.82, 2.24) is 0 Å². The fourth-order valence-corrected chi connectivity index (χ4v) is 0.440. The Labute approximate surface area is 74.5 Å². The molecule has 0 aliphatic carbocycles. The Bertz CT molecular complexity index is 190. The summed E-state index contributed by atoms with van der Waals surface area (Å²) in [7, 11) is 0. The summed E-state index contributed by atoms with van der Waals surface area (Å²) in [5, 5.41) is 0. The second-order valence-corrected chi connectivity index (χ2v) is 2.04. The molecule has 0 rings (SSSR count). The van der Waals surface area contributed by atoms with Crippen molar-refractivity contribution in [3.63, 3.8) is 0 Å². The number of halogens is 1. The van der Waals surface area contributed by atoms with Crippen LogP contribution in [0.1, 0.15) is 27.7 Å². The lowest BCUT2D eigenvalue weighted by atomic mass is 10.2. The minimum absolute atomic E-state index is 0.123. The van der Waals surface area contributed by atoms with Crippen LogP contribution >= 0.6 is 0 Å². The maximum absolute atomic E-state index is 12.7. The Kier molecular flexibility index (Phi) is 9.08. The minimum Gasteiger partial charge on any atom is -0.396 e. The normalized spacial score (nSPS) is 11.8.